The molecule has 1 fully saturated rings. The van der Waals surface area contributed by atoms with Crippen molar-refractivity contribution in [2.45, 2.75) is 49.6 Å². The fourth-order valence-electron chi connectivity index (χ4n) is 1.57. The number of aliphatic hydroxyl groups is 2. The van der Waals surface area contributed by atoms with Crippen molar-refractivity contribution in [3.05, 3.63) is 12.2 Å². The topological polar surface area (TPSA) is 77.8 Å². The van der Waals surface area contributed by atoms with Crippen LogP contribution in [0.2, 0.25) is 0 Å². The van der Waals surface area contributed by atoms with Crippen molar-refractivity contribution in [2.75, 3.05) is 5.75 Å². The van der Waals surface area contributed by atoms with Crippen molar-refractivity contribution >= 4 is 17.7 Å². The summed E-state index contributed by atoms with van der Waals surface area (Å²) in [6.45, 7) is 0. The van der Waals surface area contributed by atoms with Gasteiger partial charge in [0.1, 0.15) is 0 Å². The van der Waals surface area contributed by atoms with Gasteiger partial charge in [-0.1, -0.05) is 24.3 Å². The van der Waals surface area contributed by atoms with Gasteiger partial charge in [0.2, 0.25) is 0 Å². The van der Waals surface area contributed by atoms with Gasteiger partial charge >= 0.3 is 5.97 Å². The lowest BCUT2D eigenvalue weighted by Gasteiger charge is -2.15. The standard InChI is InChI=1S/C16H20O4S/c17-14(15(18)10-6-7-11-16(19)20)9-5-3-1-2-4-8-13-12-21-13/h3,5,13-15,17-18H,6-7,9-12H2,(H,19,20)/b5-3+/t13-,14-,15-/m1/s1. The SMILES string of the molecule is O=C(O)CCCC[C@@H](O)[C@H](O)C/C=C/C#CC#C[C@@H]1CS1. The molecule has 21 heavy (non-hydrogen) atoms. The minimum Gasteiger partial charge on any atom is -0.481 e. The number of unbranched alkanes of at least 4 members (excludes halogenated alkanes) is 1. The first-order chi connectivity index (χ1) is 10.1. The Balaban J connectivity index is 2.12. The monoisotopic (exact) mass is 308 g/mol. The maximum absolute atomic E-state index is 10.3. The van der Waals surface area contributed by atoms with Gasteiger partial charge in [-0.15, -0.1) is 11.8 Å². The molecule has 114 valence electrons. The number of hydrogen-bond acceptors (Lipinski definition) is 4. The van der Waals surface area contributed by atoms with Gasteiger partial charge in [0.05, 0.1) is 17.5 Å². The number of thioether (sulfide) groups is 1. The molecule has 3 N–H and O–H groups in total. The zero-order valence-electron chi connectivity index (χ0n) is 11.8. The molecule has 0 aromatic rings. The summed E-state index contributed by atoms with van der Waals surface area (Å²) in [5.41, 5.74) is 0. The Kier molecular flexibility index (Phi) is 8.69. The van der Waals surface area contributed by atoms with Crippen LogP contribution in [0.3, 0.4) is 0 Å². The first-order valence-electron chi connectivity index (χ1n) is 6.95. The van der Waals surface area contributed by atoms with Gasteiger partial charge in [-0.25, -0.2) is 0 Å². The van der Waals surface area contributed by atoms with E-state index in [2.05, 4.69) is 23.7 Å². The number of aliphatic hydroxyl groups excluding tert-OH is 2. The zero-order chi connectivity index (χ0) is 15.5. The highest BCUT2D eigenvalue weighted by atomic mass is 32.2. The van der Waals surface area contributed by atoms with Crippen LogP contribution in [0.15, 0.2) is 12.2 Å². The second kappa shape index (κ2) is 10.3. The number of allylic oxidation sites excluding steroid dienone is 1. The quantitative estimate of drug-likeness (QED) is 0.359. The normalized spacial score (nSPS) is 19.0. The van der Waals surface area contributed by atoms with E-state index in [0.29, 0.717) is 30.9 Å². The summed E-state index contributed by atoms with van der Waals surface area (Å²) in [7, 11) is 0. The Morgan fingerprint density at radius 2 is 2.05 bits per heavy atom. The molecule has 5 heteroatoms. The molecule has 1 saturated heterocycles. The largest absolute Gasteiger partial charge is 0.481 e. The molecule has 0 unspecified atom stereocenters. The maximum atomic E-state index is 10.3. The molecule has 0 aromatic carbocycles. The van der Waals surface area contributed by atoms with Crippen molar-refractivity contribution in [1.29, 1.82) is 0 Å². The molecule has 0 radical (unpaired) electrons. The molecule has 0 amide bonds. The lowest BCUT2D eigenvalue weighted by Crippen LogP contribution is -2.25. The van der Waals surface area contributed by atoms with Gasteiger partial charge in [-0.2, -0.15) is 0 Å². The van der Waals surface area contributed by atoms with Crippen molar-refractivity contribution in [3.63, 3.8) is 0 Å². The summed E-state index contributed by atoms with van der Waals surface area (Å²) >= 11 is 1.80. The molecular formula is C16H20O4S. The Morgan fingerprint density at radius 3 is 2.71 bits per heavy atom. The van der Waals surface area contributed by atoms with E-state index in [0.717, 1.165) is 5.75 Å². The van der Waals surface area contributed by atoms with E-state index in [9.17, 15) is 15.0 Å². The molecule has 4 nitrogen and oxygen atoms in total. The Labute approximate surface area is 129 Å². The van der Waals surface area contributed by atoms with Crippen LogP contribution in [0.4, 0.5) is 0 Å². The van der Waals surface area contributed by atoms with Crippen LogP contribution in [0.1, 0.15) is 32.1 Å². The van der Waals surface area contributed by atoms with Crippen LogP contribution in [-0.4, -0.2) is 44.5 Å². The lowest BCUT2D eigenvalue weighted by atomic mass is 10.0. The van der Waals surface area contributed by atoms with E-state index in [1.807, 2.05) is 0 Å². The third-order valence-corrected chi connectivity index (χ3v) is 3.65. The first-order valence-corrected chi connectivity index (χ1v) is 8.00. The van der Waals surface area contributed by atoms with E-state index in [1.54, 1.807) is 23.9 Å². The van der Waals surface area contributed by atoms with Crippen LogP contribution in [0.25, 0.3) is 0 Å². The van der Waals surface area contributed by atoms with E-state index < -0.39 is 18.2 Å². The smallest absolute Gasteiger partial charge is 0.303 e. The van der Waals surface area contributed by atoms with Gasteiger partial charge in [0.25, 0.3) is 0 Å². The predicted octanol–water partition coefficient (Wildman–Crippen LogP) is 1.42. The van der Waals surface area contributed by atoms with Crippen molar-refractivity contribution < 1.29 is 20.1 Å². The summed E-state index contributed by atoms with van der Waals surface area (Å²) in [5, 5.41) is 28.4. The van der Waals surface area contributed by atoms with Crippen LogP contribution in [0.5, 0.6) is 0 Å². The number of carbonyl (C=O) groups is 1. The molecule has 1 heterocycles. The second-order valence-corrected chi connectivity index (χ2v) is 6.01. The Bertz CT molecular complexity index is 474. The lowest BCUT2D eigenvalue weighted by molar-refractivity contribution is -0.137. The molecule has 1 rings (SSSR count). The molecule has 0 aromatic heterocycles. The summed E-state index contributed by atoms with van der Waals surface area (Å²) in [6.07, 6.45) is 3.56. The van der Waals surface area contributed by atoms with Gasteiger partial charge in [-0.3, -0.25) is 4.79 Å². The highest BCUT2D eigenvalue weighted by molar-refractivity contribution is 8.07. The van der Waals surface area contributed by atoms with E-state index in [4.69, 9.17) is 5.11 Å². The Morgan fingerprint density at radius 1 is 1.29 bits per heavy atom. The van der Waals surface area contributed by atoms with Crippen LogP contribution in [0, 0.1) is 23.7 Å². The van der Waals surface area contributed by atoms with Crippen LogP contribution in [-0.2, 0) is 4.79 Å². The molecule has 0 spiro atoms. The number of aliphatic carboxylic acids is 1. The molecular weight excluding hydrogens is 288 g/mol. The van der Waals surface area contributed by atoms with Crippen molar-refractivity contribution in [1.82, 2.24) is 0 Å². The summed E-state index contributed by atoms with van der Waals surface area (Å²) in [6, 6.07) is 0. The first kappa shape index (κ1) is 17.7. The summed E-state index contributed by atoms with van der Waals surface area (Å²) in [5.74, 6) is 11.5. The highest BCUT2D eigenvalue weighted by Crippen LogP contribution is 2.28. The molecule has 0 saturated carbocycles. The highest BCUT2D eigenvalue weighted by Gasteiger charge is 2.18. The third-order valence-electron chi connectivity index (χ3n) is 2.86. The van der Waals surface area contributed by atoms with Gasteiger partial charge in [-0.05, 0) is 37.2 Å². The molecule has 3 atom stereocenters. The summed E-state index contributed by atoms with van der Waals surface area (Å²) in [4.78, 5) is 10.3. The maximum Gasteiger partial charge on any atom is 0.303 e. The van der Waals surface area contributed by atoms with Gasteiger partial charge in [0.15, 0.2) is 0 Å². The Hall–Kier alpha value is -1.40. The van der Waals surface area contributed by atoms with Crippen molar-refractivity contribution in [3.8, 4) is 23.7 Å². The second-order valence-electron chi connectivity index (χ2n) is 4.77. The van der Waals surface area contributed by atoms with Crippen LogP contribution >= 0.6 is 11.8 Å². The third kappa shape index (κ3) is 10.0. The fraction of sp³-hybridized carbons (Fsp3) is 0.562. The zero-order valence-corrected chi connectivity index (χ0v) is 12.6. The number of carboxylic acids is 1. The summed E-state index contributed by atoms with van der Waals surface area (Å²) < 4.78 is 0. The average molecular weight is 308 g/mol. The predicted molar refractivity (Wildman–Crippen MR) is 83.7 cm³/mol. The van der Waals surface area contributed by atoms with E-state index in [-0.39, 0.29) is 6.42 Å². The molecule has 1 aliphatic heterocycles. The average Bonchev–Trinajstić information content (AvgIpc) is 3.26. The van der Waals surface area contributed by atoms with E-state index in [1.165, 1.54) is 0 Å². The fourth-order valence-corrected chi connectivity index (χ4v) is 1.89. The number of hydrogen-bond donors (Lipinski definition) is 3. The number of rotatable bonds is 8. The molecule has 1 aliphatic rings. The van der Waals surface area contributed by atoms with Crippen molar-refractivity contribution in [2.24, 2.45) is 0 Å². The van der Waals surface area contributed by atoms with Crippen LogP contribution < -0.4 is 0 Å². The van der Waals surface area contributed by atoms with Gasteiger partial charge in [0, 0.05) is 12.2 Å². The minimum atomic E-state index is -0.846. The minimum absolute atomic E-state index is 0.0959. The molecule has 0 bridgehead atoms. The van der Waals surface area contributed by atoms with Gasteiger partial charge < -0.3 is 15.3 Å². The molecule has 0 aliphatic carbocycles. The number of carboxylic acid groups (broad SMARTS) is 1. The van der Waals surface area contributed by atoms with E-state index >= 15 is 0 Å².